The van der Waals surface area contributed by atoms with E-state index in [9.17, 15) is 0 Å². The van der Waals surface area contributed by atoms with E-state index in [1.54, 1.807) is 0 Å². The molecule has 0 unspecified atom stereocenters. The number of anilines is 1. The molecule has 37 heavy (non-hydrogen) atoms. The van der Waals surface area contributed by atoms with Gasteiger partial charge in [0.2, 0.25) is 0 Å². The molecule has 0 aliphatic heterocycles. The molecule has 0 amide bonds. The summed E-state index contributed by atoms with van der Waals surface area (Å²) >= 11 is 0. The molecule has 0 heterocycles. The highest BCUT2D eigenvalue weighted by atomic mass is 14.9. The molecule has 0 atom stereocenters. The molecule has 0 aromatic heterocycles. The molecule has 0 spiro atoms. The molecular weight excluding hydrogens is 448 g/mol. The first kappa shape index (κ1) is 24.5. The molecule has 0 aliphatic carbocycles. The van der Waals surface area contributed by atoms with Crippen LogP contribution in [0.4, 0.5) is 5.69 Å². The maximum Gasteiger partial charge on any atom is 0.0400 e. The van der Waals surface area contributed by atoms with Crippen LogP contribution in [0.2, 0.25) is 0 Å². The summed E-state index contributed by atoms with van der Waals surface area (Å²) in [6.07, 6.45) is 0. The predicted octanol–water partition coefficient (Wildman–Crippen LogP) is 8.54. The Morgan fingerprint density at radius 1 is 0.432 bits per heavy atom. The monoisotopic (exact) mass is 482 g/mol. The summed E-state index contributed by atoms with van der Waals surface area (Å²) in [5.74, 6) is 0. The van der Waals surface area contributed by atoms with E-state index < -0.39 is 0 Å². The highest BCUT2D eigenvalue weighted by Gasteiger charge is 2.06. The van der Waals surface area contributed by atoms with Crippen molar-refractivity contribution in [1.82, 2.24) is 5.32 Å². The maximum absolute atomic E-state index is 3.66. The maximum atomic E-state index is 3.66. The molecule has 0 bridgehead atoms. The van der Waals surface area contributed by atoms with Gasteiger partial charge in [-0.2, -0.15) is 0 Å². The van der Waals surface area contributed by atoms with Gasteiger partial charge in [-0.05, 0) is 71.0 Å². The van der Waals surface area contributed by atoms with Crippen LogP contribution in [-0.4, -0.2) is 0 Å². The van der Waals surface area contributed by atoms with E-state index in [0.29, 0.717) is 0 Å². The Morgan fingerprint density at radius 3 is 1.46 bits per heavy atom. The van der Waals surface area contributed by atoms with Crippen molar-refractivity contribution in [2.24, 2.45) is 0 Å². The first-order valence-corrected chi connectivity index (χ1v) is 13.0. The topological polar surface area (TPSA) is 24.1 Å². The predicted molar refractivity (Wildman–Crippen MR) is 158 cm³/mol. The van der Waals surface area contributed by atoms with E-state index in [4.69, 9.17) is 0 Å². The molecule has 2 heteroatoms. The van der Waals surface area contributed by atoms with Gasteiger partial charge in [-0.1, -0.05) is 114 Å². The Balaban J connectivity index is 1.24. The number of nitrogens with one attached hydrogen (secondary N) is 2. The largest absolute Gasteiger partial charge is 0.381 e. The van der Waals surface area contributed by atoms with Crippen LogP contribution in [-0.2, 0) is 19.6 Å². The van der Waals surface area contributed by atoms with Crippen LogP contribution in [0.1, 0.15) is 27.8 Å². The van der Waals surface area contributed by atoms with Crippen molar-refractivity contribution in [3.63, 3.8) is 0 Å². The molecular formula is C35H34N2. The quantitative estimate of drug-likeness (QED) is 0.220. The van der Waals surface area contributed by atoms with Crippen LogP contribution in [0, 0.1) is 13.8 Å². The molecule has 0 saturated carbocycles. The van der Waals surface area contributed by atoms with Gasteiger partial charge in [-0.15, -0.1) is 0 Å². The number of aryl methyl sites for hydroxylation is 2. The van der Waals surface area contributed by atoms with Gasteiger partial charge in [0, 0.05) is 25.3 Å². The zero-order valence-electron chi connectivity index (χ0n) is 21.7. The van der Waals surface area contributed by atoms with Crippen LogP contribution in [0.15, 0.2) is 121 Å². The minimum absolute atomic E-state index is 0.781. The smallest absolute Gasteiger partial charge is 0.0400 e. The standard InChI is InChI=1S/C35H34N2/c1-26-17-27(2)19-30(18-26)24-36-23-28-13-15-29(16-14-28)25-37-35-21-33(31-9-5-3-6-10-31)20-34(22-35)32-11-7-4-8-12-32/h3-22,36-37H,23-25H2,1-2H3. The van der Waals surface area contributed by atoms with E-state index in [-0.39, 0.29) is 0 Å². The highest BCUT2D eigenvalue weighted by Crippen LogP contribution is 2.30. The fourth-order valence-corrected chi connectivity index (χ4v) is 4.83. The molecule has 0 aliphatic rings. The van der Waals surface area contributed by atoms with Gasteiger partial charge in [-0.25, -0.2) is 0 Å². The van der Waals surface area contributed by atoms with Gasteiger partial charge in [0.05, 0.1) is 0 Å². The SMILES string of the molecule is Cc1cc(C)cc(CNCc2ccc(CNc3cc(-c4ccccc4)cc(-c4ccccc4)c3)cc2)c1. The normalized spacial score (nSPS) is 10.9. The van der Waals surface area contributed by atoms with Gasteiger partial charge in [0.1, 0.15) is 0 Å². The highest BCUT2D eigenvalue weighted by molar-refractivity contribution is 5.78. The van der Waals surface area contributed by atoms with Gasteiger partial charge in [0.25, 0.3) is 0 Å². The van der Waals surface area contributed by atoms with Crippen molar-refractivity contribution in [3.8, 4) is 22.3 Å². The minimum Gasteiger partial charge on any atom is -0.381 e. The third-order valence-electron chi connectivity index (χ3n) is 6.61. The molecule has 184 valence electrons. The Hall–Kier alpha value is -4.14. The Labute approximate surface area is 221 Å². The zero-order chi connectivity index (χ0) is 25.5. The Bertz CT molecular complexity index is 1360. The lowest BCUT2D eigenvalue weighted by atomic mass is 9.98. The van der Waals surface area contributed by atoms with E-state index in [2.05, 4.69) is 146 Å². The second-order valence-corrected chi connectivity index (χ2v) is 9.80. The van der Waals surface area contributed by atoms with Gasteiger partial charge < -0.3 is 10.6 Å². The average Bonchev–Trinajstić information content (AvgIpc) is 2.93. The summed E-state index contributed by atoms with van der Waals surface area (Å²) < 4.78 is 0. The average molecular weight is 483 g/mol. The molecule has 0 fully saturated rings. The van der Waals surface area contributed by atoms with Crippen LogP contribution in [0.5, 0.6) is 0 Å². The lowest BCUT2D eigenvalue weighted by molar-refractivity contribution is 0.692. The third-order valence-corrected chi connectivity index (χ3v) is 6.61. The second kappa shape index (κ2) is 11.7. The van der Waals surface area contributed by atoms with Crippen LogP contribution < -0.4 is 10.6 Å². The van der Waals surface area contributed by atoms with Gasteiger partial charge in [-0.3, -0.25) is 0 Å². The van der Waals surface area contributed by atoms with E-state index in [1.165, 1.54) is 50.1 Å². The van der Waals surface area contributed by atoms with Crippen LogP contribution >= 0.6 is 0 Å². The molecule has 5 aromatic carbocycles. The Kier molecular flexibility index (Phi) is 7.78. The fraction of sp³-hybridized carbons (Fsp3) is 0.143. The number of hydrogen-bond donors (Lipinski definition) is 2. The summed E-state index contributed by atoms with van der Waals surface area (Å²) in [6.45, 7) is 6.84. The molecule has 5 rings (SSSR count). The molecule has 2 nitrogen and oxygen atoms in total. The van der Waals surface area contributed by atoms with Gasteiger partial charge in [0.15, 0.2) is 0 Å². The fourth-order valence-electron chi connectivity index (χ4n) is 4.83. The minimum atomic E-state index is 0.781. The summed E-state index contributed by atoms with van der Waals surface area (Å²) in [7, 11) is 0. The Morgan fingerprint density at radius 2 is 0.919 bits per heavy atom. The van der Waals surface area contributed by atoms with Gasteiger partial charge >= 0.3 is 0 Å². The summed E-state index contributed by atoms with van der Waals surface area (Å²) in [5, 5.41) is 7.24. The molecule has 2 N–H and O–H groups in total. The molecule has 5 aromatic rings. The molecule has 0 radical (unpaired) electrons. The zero-order valence-corrected chi connectivity index (χ0v) is 21.7. The van der Waals surface area contributed by atoms with Crippen LogP contribution in [0.25, 0.3) is 22.3 Å². The second-order valence-electron chi connectivity index (χ2n) is 9.80. The van der Waals surface area contributed by atoms with Crippen molar-refractivity contribution in [2.75, 3.05) is 5.32 Å². The lowest BCUT2D eigenvalue weighted by Crippen LogP contribution is -2.13. The number of rotatable bonds is 9. The summed E-state index contributed by atoms with van der Waals surface area (Å²) in [6, 6.07) is 43.5. The summed E-state index contributed by atoms with van der Waals surface area (Å²) in [5.41, 5.74) is 12.5. The number of hydrogen-bond acceptors (Lipinski definition) is 2. The molecule has 0 saturated heterocycles. The van der Waals surface area contributed by atoms with Crippen molar-refractivity contribution in [3.05, 3.63) is 149 Å². The van der Waals surface area contributed by atoms with Crippen LogP contribution in [0.3, 0.4) is 0 Å². The van der Waals surface area contributed by atoms with E-state index >= 15 is 0 Å². The lowest BCUT2D eigenvalue weighted by Gasteiger charge is -2.13. The van der Waals surface area contributed by atoms with Crippen molar-refractivity contribution >= 4 is 5.69 Å². The van der Waals surface area contributed by atoms with Crippen molar-refractivity contribution < 1.29 is 0 Å². The van der Waals surface area contributed by atoms with Crippen molar-refractivity contribution in [1.29, 1.82) is 0 Å². The van der Waals surface area contributed by atoms with E-state index in [1.807, 2.05) is 0 Å². The summed E-state index contributed by atoms with van der Waals surface area (Å²) in [4.78, 5) is 0. The number of benzene rings is 5. The first-order valence-electron chi connectivity index (χ1n) is 13.0. The third kappa shape index (κ3) is 6.75. The van der Waals surface area contributed by atoms with E-state index in [0.717, 1.165) is 25.3 Å². The van der Waals surface area contributed by atoms with Crippen molar-refractivity contribution in [2.45, 2.75) is 33.5 Å². The first-order chi connectivity index (χ1) is 18.1.